The molecule has 0 spiro atoms. The van der Waals surface area contributed by atoms with E-state index in [1.165, 1.54) is 24.3 Å². The molecule has 4 rings (SSSR count). The summed E-state index contributed by atoms with van der Waals surface area (Å²) in [6, 6.07) is 5.85. The molecule has 1 atom stereocenters. The van der Waals surface area contributed by atoms with Crippen molar-refractivity contribution in [1.29, 1.82) is 5.41 Å². The van der Waals surface area contributed by atoms with Gasteiger partial charge in [0.1, 0.15) is 23.5 Å². The third-order valence-corrected chi connectivity index (χ3v) is 5.18. The standard InChI is InChI=1S/C22H20F3N5O2/c23-12-6-4-11(5-7-12)18-17(14-9-13(24)10-15(25)19(14)30-18)20(26)32-22(27)29-16-3-1-2-8-28-21(16)31/h4-7,9-10,16,26,30H,1-3,8H2,(H2,27,29)(H,28,31). The van der Waals surface area contributed by atoms with Gasteiger partial charge in [-0.1, -0.05) is 0 Å². The second-order valence-electron chi connectivity index (χ2n) is 7.39. The normalized spacial score (nSPS) is 17.2. The molecular formula is C22H20F3N5O2. The fraction of sp³-hybridized carbons (Fsp3) is 0.227. The van der Waals surface area contributed by atoms with Gasteiger partial charge in [0.25, 0.3) is 6.02 Å². The van der Waals surface area contributed by atoms with Crippen LogP contribution in [0.1, 0.15) is 24.8 Å². The Hall–Kier alpha value is -3.82. The summed E-state index contributed by atoms with van der Waals surface area (Å²) in [5, 5.41) is 11.2. The lowest BCUT2D eigenvalue weighted by Gasteiger charge is -2.11. The van der Waals surface area contributed by atoms with Crippen molar-refractivity contribution in [3.05, 3.63) is 59.4 Å². The number of aromatic nitrogens is 1. The zero-order chi connectivity index (χ0) is 22.8. The van der Waals surface area contributed by atoms with E-state index >= 15 is 0 Å². The second kappa shape index (κ2) is 8.74. The van der Waals surface area contributed by atoms with Gasteiger partial charge in [-0.05, 0) is 55.2 Å². The molecule has 1 unspecified atom stereocenters. The molecule has 2 aromatic carbocycles. The van der Waals surface area contributed by atoms with E-state index in [4.69, 9.17) is 15.9 Å². The minimum atomic E-state index is -0.862. The number of nitrogens with two attached hydrogens (primary N) is 1. The van der Waals surface area contributed by atoms with E-state index in [0.717, 1.165) is 18.9 Å². The molecule has 7 nitrogen and oxygen atoms in total. The fourth-order valence-corrected chi connectivity index (χ4v) is 3.67. The first-order valence-electron chi connectivity index (χ1n) is 9.98. The van der Waals surface area contributed by atoms with Crippen molar-refractivity contribution in [2.45, 2.75) is 25.3 Å². The summed E-state index contributed by atoms with van der Waals surface area (Å²) >= 11 is 0. The number of aliphatic imine (C=N–C) groups is 1. The second-order valence-corrected chi connectivity index (χ2v) is 7.39. The Kier molecular flexibility index (Phi) is 5.85. The molecule has 1 aromatic heterocycles. The quantitative estimate of drug-likeness (QED) is 0.366. The molecular weight excluding hydrogens is 423 g/mol. The van der Waals surface area contributed by atoms with E-state index in [-0.39, 0.29) is 28.1 Å². The molecule has 3 aromatic rings. The van der Waals surface area contributed by atoms with Gasteiger partial charge in [-0.2, -0.15) is 0 Å². The summed E-state index contributed by atoms with van der Waals surface area (Å²) in [6.45, 7) is 0.551. The predicted octanol–water partition coefficient (Wildman–Crippen LogP) is 3.58. The van der Waals surface area contributed by atoms with Crippen molar-refractivity contribution < 1.29 is 22.7 Å². The fourth-order valence-electron chi connectivity index (χ4n) is 3.67. The summed E-state index contributed by atoms with van der Waals surface area (Å²) in [6.07, 6.45) is 2.07. The molecule has 166 valence electrons. The van der Waals surface area contributed by atoms with Crippen LogP contribution in [0.15, 0.2) is 41.4 Å². The highest BCUT2D eigenvalue weighted by molar-refractivity contribution is 6.13. The van der Waals surface area contributed by atoms with Gasteiger partial charge < -0.3 is 20.8 Å². The number of nitrogens with one attached hydrogen (secondary N) is 3. The maximum atomic E-state index is 14.4. The van der Waals surface area contributed by atoms with Crippen LogP contribution in [0.3, 0.4) is 0 Å². The molecule has 1 aliphatic rings. The van der Waals surface area contributed by atoms with Crippen molar-refractivity contribution in [3.8, 4) is 11.3 Å². The number of fused-ring (bicyclic) bond motifs is 1. The lowest BCUT2D eigenvalue weighted by Crippen LogP contribution is -2.34. The average Bonchev–Trinajstić information content (AvgIpc) is 3.01. The van der Waals surface area contributed by atoms with Crippen LogP contribution in [0.25, 0.3) is 22.2 Å². The summed E-state index contributed by atoms with van der Waals surface area (Å²) in [4.78, 5) is 19.0. The number of carbonyl (C=O) groups is 1. The SMILES string of the molecule is N=C(OC(N)=NC1CCCCNC1=O)c1c(-c2ccc(F)cc2)[nH]c2c(F)cc(F)cc12. The molecule has 5 N–H and O–H groups in total. The van der Waals surface area contributed by atoms with Gasteiger partial charge in [0, 0.05) is 18.0 Å². The largest absolute Gasteiger partial charge is 0.407 e. The van der Waals surface area contributed by atoms with Gasteiger partial charge >= 0.3 is 0 Å². The van der Waals surface area contributed by atoms with Crippen molar-refractivity contribution in [1.82, 2.24) is 10.3 Å². The molecule has 0 bridgehead atoms. The third kappa shape index (κ3) is 4.29. The maximum absolute atomic E-state index is 14.4. The highest BCUT2D eigenvalue weighted by Crippen LogP contribution is 2.33. The number of amidine groups is 1. The monoisotopic (exact) mass is 443 g/mol. The molecule has 1 amide bonds. The number of ether oxygens (including phenoxy) is 1. The van der Waals surface area contributed by atoms with Crippen LogP contribution in [-0.2, 0) is 9.53 Å². The molecule has 2 heterocycles. The van der Waals surface area contributed by atoms with Crippen LogP contribution >= 0.6 is 0 Å². The Bertz CT molecular complexity index is 1220. The van der Waals surface area contributed by atoms with Gasteiger partial charge in [-0.25, -0.2) is 18.2 Å². The van der Waals surface area contributed by atoms with Crippen LogP contribution in [-0.4, -0.2) is 35.4 Å². The maximum Gasteiger partial charge on any atom is 0.289 e. The summed E-state index contributed by atoms with van der Waals surface area (Å²) < 4.78 is 47.1. The van der Waals surface area contributed by atoms with Crippen LogP contribution in [0.5, 0.6) is 0 Å². The summed E-state index contributed by atoms with van der Waals surface area (Å²) in [7, 11) is 0. The topological polar surface area (TPSA) is 116 Å². The Morgan fingerprint density at radius 1 is 1.12 bits per heavy atom. The number of amides is 1. The zero-order valence-corrected chi connectivity index (χ0v) is 16.8. The van der Waals surface area contributed by atoms with E-state index in [1.54, 1.807) is 0 Å². The van der Waals surface area contributed by atoms with Gasteiger partial charge in [0.15, 0.2) is 0 Å². The average molecular weight is 443 g/mol. The molecule has 32 heavy (non-hydrogen) atoms. The Morgan fingerprint density at radius 2 is 1.88 bits per heavy atom. The van der Waals surface area contributed by atoms with Crippen molar-refractivity contribution in [2.75, 3.05) is 6.54 Å². The number of hydrogen-bond donors (Lipinski definition) is 4. The van der Waals surface area contributed by atoms with Crippen molar-refractivity contribution in [3.63, 3.8) is 0 Å². The van der Waals surface area contributed by atoms with Crippen molar-refractivity contribution >= 4 is 28.7 Å². The van der Waals surface area contributed by atoms with Crippen LogP contribution in [0.4, 0.5) is 13.2 Å². The van der Waals surface area contributed by atoms with Crippen molar-refractivity contribution in [2.24, 2.45) is 10.7 Å². The van der Waals surface area contributed by atoms with E-state index in [0.29, 0.717) is 24.6 Å². The first kappa shape index (κ1) is 21.4. The predicted molar refractivity (Wildman–Crippen MR) is 114 cm³/mol. The van der Waals surface area contributed by atoms with E-state index < -0.39 is 35.4 Å². The zero-order valence-electron chi connectivity index (χ0n) is 16.8. The Balaban J connectivity index is 1.74. The molecule has 0 aliphatic carbocycles. The minimum Gasteiger partial charge on any atom is -0.407 e. The van der Waals surface area contributed by atoms with E-state index in [2.05, 4.69) is 15.3 Å². The molecule has 1 aliphatic heterocycles. The third-order valence-electron chi connectivity index (χ3n) is 5.18. The van der Waals surface area contributed by atoms with Gasteiger partial charge in [-0.15, -0.1) is 0 Å². The van der Waals surface area contributed by atoms with Crippen LogP contribution in [0.2, 0.25) is 0 Å². The highest BCUT2D eigenvalue weighted by atomic mass is 19.1. The molecule has 0 radical (unpaired) electrons. The first-order valence-corrected chi connectivity index (χ1v) is 9.98. The molecule has 0 saturated carbocycles. The smallest absolute Gasteiger partial charge is 0.289 e. The van der Waals surface area contributed by atoms with Gasteiger partial charge in [0.2, 0.25) is 11.8 Å². The van der Waals surface area contributed by atoms with E-state index in [1.807, 2.05) is 0 Å². The van der Waals surface area contributed by atoms with Crippen LogP contribution in [0, 0.1) is 22.9 Å². The number of H-pyrrole nitrogens is 1. The van der Waals surface area contributed by atoms with Gasteiger partial charge in [-0.3, -0.25) is 10.2 Å². The van der Waals surface area contributed by atoms with E-state index in [9.17, 15) is 18.0 Å². The highest BCUT2D eigenvalue weighted by Gasteiger charge is 2.24. The minimum absolute atomic E-state index is 0.0217. The Morgan fingerprint density at radius 3 is 2.62 bits per heavy atom. The first-order chi connectivity index (χ1) is 15.3. The number of benzene rings is 2. The van der Waals surface area contributed by atoms with Crippen LogP contribution < -0.4 is 11.1 Å². The number of hydrogen-bond acceptors (Lipinski definition) is 4. The lowest BCUT2D eigenvalue weighted by atomic mass is 10.0. The Labute approximate surface area is 181 Å². The van der Waals surface area contributed by atoms with Gasteiger partial charge in [0.05, 0.1) is 16.8 Å². The number of rotatable bonds is 3. The number of halogens is 3. The summed E-state index contributed by atoms with van der Waals surface area (Å²) in [5.74, 6) is -3.00. The summed E-state index contributed by atoms with van der Waals surface area (Å²) in [5.41, 5.74) is 6.45. The number of aromatic amines is 1. The lowest BCUT2D eigenvalue weighted by molar-refractivity contribution is -0.122. The molecule has 1 fully saturated rings. The molecule has 10 heteroatoms. The number of carbonyl (C=O) groups excluding carboxylic acids is 1. The number of nitrogens with zero attached hydrogens (tertiary/aromatic N) is 1. The molecule has 1 saturated heterocycles.